The fourth-order valence-corrected chi connectivity index (χ4v) is 5.87. The summed E-state index contributed by atoms with van der Waals surface area (Å²) >= 11 is 1.56. The fraction of sp³-hybridized carbons (Fsp3) is 0.379. The Labute approximate surface area is 206 Å². The molecule has 4 nitrogen and oxygen atoms in total. The summed E-state index contributed by atoms with van der Waals surface area (Å²) in [7, 11) is 0. The second kappa shape index (κ2) is 9.38. The Balaban J connectivity index is 1.68. The van der Waals surface area contributed by atoms with Gasteiger partial charge in [-0.25, -0.2) is 0 Å². The average molecular weight is 475 g/mol. The fourth-order valence-electron chi connectivity index (χ4n) is 4.55. The van der Waals surface area contributed by atoms with E-state index in [0.29, 0.717) is 22.0 Å². The summed E-state index contributed by atoms with van der Waals surface area (Å²) in [6.45, 7) is 12.9. The first-order valence-corrected chi connectivity index (χ1v) is 12.8. The molecule has 0 radical (unpaired) electrons. The van der Waals surface area contributed by atoms with Gasteiger partial charge in [-0.15, -0.1) is 11.3 Å². The van der Waals surface area contributed by atoms with Crippen LogP contribution in [-0.2, 0) is 12.8 Å². The van der Waals surface area contributed by atoms with E-state index in [0.717, 1.165) is 41.6 Å². The highest BCUT2D eigenvalue weighted by Crippen LogP contribution is 2.44. The molecule has 0 bridgehead atoms. The van der Waals surface area contributed by atoms with Crippen molar-refractivity contribution in [1.82, 2.24) is 0 Å². The zero-order valence-corrected chi connectivity index (χ0v) is 21.8. The van der Waals surface area contributed by atoms with Crippen molar-refractivity contribution in [2.75, 3.05) is 10.6 Å². The van der Waals surface area contributed by atoms with Crippen LogP contribution in [0.5, 0.6) is 0 Å². The van der Waals surface area contributed by atoms with Gasteiger partial charge in [0.1, 0.15) is 5.00 Å². The monoisotopic (exact) mass is 474 g/mol. The van der Waals surface area contributed by atoms with Crippen molar-refractivity contribution in [2.45, 2.75) is 60.8 Å². The molecule has 0 aliphatic heterocycles. The van der Waals surface area contributed by atoms with Gasteiger partial charge in [0, 0.05) is 16.1 Å². The lowest BCUT2D eigenvalue weighted by Gasteiger charge is -2.33. The molecule has 1 atom stereocenters. The molecule has 3 aromatic rings. The summed E-state index contributed by atoms with van der Waals surface area (Å²) in [5.41, 5.74) is 6.69. The van der Waals surface area contributed by atoms with Gasteiger partial charge in [0.05, 0.1) is 5.56 Å². The predicted molar refractivity (Wildman–Crippen MR) is 142 cm³/mol. The number of carbonyl (C=O) groups is 2. The Morgan fingerprint density at radius 3 is 2.26 bits per heavy atom. The second-order valence-electron chi connectivity index (χ2n) is 10.6. The van der Waals surface area contributed by atoms with Gasteiger partial charge in [0.15, 0.2) is 0 Å². The molecule has 178 valence electrons. The number of anilines is 2. The Bertz CT molecular complexity index is 1230. The molecule has 1 aliphatic carbocycles. The lowest BCUT2D eigenvalue weighted by Crippen LogP contribution is -2.27. The molecule has 0 saturated carbocycles. The molecular formula is C29H34N2O2S. The lowest BCUT2D eigenvalue weighted by molar-refractivity contribution is 0.102. The van der Waals surface area contributed by atoms with Crippen LogP contribution in [0.15, 0.2) is 42.5 Å². The summed E-state index contributed by atoms with van der Waals surface area (Å²) in [5, 5.41) is 6.79. The highest BCUT2D eigenvalue weighted by atomic mass is 32.1. The van der Waals surface area contributed by atoms with Gasteiger partial charge in [-0.05, 0) is 92.3 Å². The largest absolute Gasteiger partial charge is 0.322 e. The van der Waals surface area contributed by atoms with E-state index in [2.05, 4.69) is 38.3 Å². The standard InChI is InChI=1S/C29H34N2O2S/c1-17-7-10-20(11-8-17)26(32)31-28-25(27(33)30-22-13-9-18(2)19(3)15-22)23-14-12-21(29(4,5)6)16-24(23)34-28/h7-11,13,15,21H,12,14,16H2,1-6H3,(H,30,33)(H,31,32). The summed E-state index contributed by atoms with van der Waals surface area (Å²) in [6.07, 6.45) is 2.83. The number of thiophene rings is 1. The van der Waals surface area contributed by atoms with E-state index < -0.39 is 0 Å². The first-order chi connectivity index (χ1) is 16.0. The summed E-state index contributed by atoms with van der Waals surface area (Å²) in [6, 6.07) is 13.4. The van der Waals surface area contributed by atoms with Crippen molar-refractivity contribution < 1.29 is 9.59 Å². The van der Waals surface area contributed by atoms with Crippen LogP contribution in [0.25, 0.3) is 0 Å². The number of aryl methyl sites for hydroxylation is 3. The van der Waals surface area contributed by atoms with Crippen LogP contribution in [0, 0.1) is 32.1 Å². The minimum atomic E-state index is -0.189. The molecule has 1 aromatic heterocycles. The van der Waals surface area contributed by atoms with Gasteiger partial charge in [0.25, 0.3) is 11.8 Å². The Kier molecular flexibility index (Phi) is 6.68. The second-order valence-corrected chi connectivity index (χ2v) is 11.7. The minimum absolute atomic E-state index is 0.158. The van der Waals surface area contributed by atoms with Crippen LogP contribution in [0.2, 0.25) is 0 Å². The maximum absolute atomic E-state index is 13.5. The van der Waals surface area contributed by atoms with Gasteiger partial charge in [0.2, 0.25) is 0 Å². The van der Waals surface area contributed by atoms with Gasteiger partial charge in [-0.3, -0.25) is 9.59 Å². The predicted octanol–water partition coefficient (Wildman–Crippen LogP) is 7.33. The van der Waals surface area contributed by atoms with Gasteiger partial charge < -0.3 is 10.6 Å². The van der Waals surface area contributed by atoms with Crippen LogP contribution in [0.1, 0.15) is 75.0 Å². The molecule has 0 spiro atoms. The van der Waals surface area contributed by atoms with Crippen LogP contribution in [0.4, 0.5) is 10.7 Å². The molecular weight excluding hydrogens is 440 g/mol. The molecule has 1 heterocycles. The van der Waals surface area contributed by atoms with Crippen molar-refractivity contribution >= 4 is 33.8 Å². The van der Waals surface area contributed by atoms with Crippen molar-refractivity contribution in [3.05, 3.63) is 80.7 Å². The van der Waals surface area contributed by atoms with E-state index in [9.17, 15) is 9.59 Å². The number of nitrogens with one attached hydrogen (secondary N) is 2. The molecule has 2 aromatic carbocycles. The molecule has 0 saturated heterocycles. The third-order valence-corrected chi connectivity index (χ3v) is 8.19. The number of hydrogen-bond acceptors (Lipinski definition) is 3. The zero-order valence-electron chi connectivity index (χ0n) is 21.0. The smallest absolute Gasteiger partial charge is 0.258 e. The van der Waals surface area contributed by atoms with Crippen molar-refractivity contribution in [3.63, 3.8) is 0 Å². The summed E-state index contributed by atoms with van der Waals surface area (Å²) in [5.74, 6) is 0.204. The molecule has 34 heavy (non-hydrogen) atoms. The summed E-state index contributed by atoms with van der Waals surface area (Å²) < 4.78 is 0. The number of hydrogen-bond donors (Lipinski definition) is 2. The topological polar surface area (TPSA) is 58.2 Å². The zero-order chi connectivity index (χ0) is 24.6. The van der Waals surface area contributed by atoms with Crippen LogP contribution < -0.4 is 10.6 Å². The van der Waals surface area contributed by atoms with E-state index in [1.807, 2.05) is 56.3 Å². The molecule has 1 unspecified atom stereocenters. The molecule has 2 amide bonds. The van der Waals surface area contributed by atoms with Crippen molar-refractivity contribution in [1.29, 1.82) is 0 Å². The van der Waals surface area contributed by atoms with Gasteiger partial charge >= 0.3 is 0 Å². The van der Waals surface area contributed by atoms with Crippen LogP contribution >= 0.6 is 11.3 Å². The number of fused-ring (bicyclic) bond motifs is 1. The average Bonchev–Trinajstić information content (AvgIpc) is 3.13. The maximum atomic E-state index is 13.5. The van der Waals surface area contributed by atoms with E-state index in [4.69, 9.17) is 0 Å². The molecule has 0 fully saturated rings. The number of amides is 2. The first kappa shape index (κ1) is 24.2. The number of benzene rings is 2. The molecule has 4 rings (SSSR count). The lowest BCUT2D eigenvalue weighted by atomic mass is 9.72. The van der Waals surface area contributed by atoms with Gasteiger partial charge in [-0.2, -0.15) is 0 Å². The minimum Gasteiger partial charge on any atom is -0.322 e. The van der Waals surface area contributed by atoms with E-state index in [-0.39, 0.29) is 17.2 Å². The maximum Gasteiger partial charge on any atom is 0.258 e. The number of rotatable bonds is 4. The van der Waals surface area contributed by atoms with Crippen molar-refractivity contribution in [2.24, 2.45) is 11.3 Å². The van der Waals surface area contributed by atoms with Crippen LogP contribution in [0.3, 0.4) is 0 Å². The quantitative estimate of drug-likeness (QED) is 0.416. The van der Waals surface area contributed by atoms with Crippen LogP contribution in [-0.4, -0.2) is 11.8 Å². The Morgan fingerprint density at radius 2 is 1.62 bits per heavy atom. The first-order valence-electron chi connectivity index (χ1n) is 11.9. The van der Waals surface area contributed by atoms with Crippen molar-refractivity contribution in [3.8, 4) is 0 Å². The Hall–Kier alpha value is -2.92. The Morgan fingerprint density at radius 1 is 0.912 bits per heavy atom. The van der Waals surface area contributed by atoms with Gasteiger partial charge in [-0.1, -0.05) is 44.5 Å². The summed E-state index contributed by atoms with van der Waals surface area (Å²) in [4.78, 5) is 27.8. The SMILES string of the molecule is Cc1ccc(C(=O)Nc2sc3c(c2C(=O)Nc2ccc(C)c(C)c2)CCC(C(C)(C)C)C3)cc1. The third-order valence-electron chi connectivity index (χ3n) is 7.02. The molecule has 5 heteroatoms. The number of carbonyl (C=O) groups excluding carboxylic acids is 2. The molecule has 2 N–H and O–H groups in total. The van der Waals surface area contributed by atoms with E-state index >= 15 is 0 Å². The third kappa shape index (κ3) is 5.10. The molecule has 1 aliphatic rings. The highest BCUT2D eigenvalue weighted by molar-refractivity contribution is 7.17. The van der Waals surface area contributed by atoms with E-state index in [1.54, 1.807) is 11.3 Å². The van der Waals surface area contributed by atoms with E-state index in [1.165, 1.54) is 10.4 Å². The highest BCUT2D eigenvalue weighted by Gasteiger charge is 2.34. The normalized spacial score (nSPS) is 15.5.